The molecule has 3 aromatic rings. The zero-order valence-corrected chi connectivity index (χ0v) is 18.0. The highest BCUT2D eigenvalue weighted by molar-refractivity contribution is 7.91. The van der Waals surface area contributed by atoms with Gasteiger partial charge in [0, 0.05) is 11.8 Å². The number of rotatable bonds is 9. The second-order valence-corrected chi connectivity index (χ2v) is 8.47. The lowest BCUT2D eigenvalue weighted by Gasteiger charge is -2.13. The number of nitrogens with one attached hydrogen (secondary N) is 2. The van der Waals surface area contributed by atoms with Crippen molar-refractivity contribution < 1.29 is 22.9 Å². The van der Waals surface area contributed by atoms with Gasteiger partial charge in [-0.05, 0) is 49.4 Å². The van der Waals surface area contributed by atoms with Gasteiger partial charge in [0.05, 0.1) is 28.7 Å². The number of nitro groups is 1. The zero-order chi connectivity index (χ0) is 23.1. The van der Waals surface area contributed by atoms with Gasteiger partial charge >= 0.3 is 0 Å². The normalized spacial score (nSPS) is 10.9. The molecule has 10 heteroatoms. The SMILES string of the molecule is CCOc1ccc(NC(=O)CNc2ccccc2S(=O)(=O)c2ccccc2[N+](=O)[O-])cc1. The van der Waals surface area contributed by atoms with Gasteiger partial charge in [-0.15, -0.1) is 0 Å². The summed E-state index contributed by atoms with van der Waals surface area (Å²) >= 11 is 0. The Hall–Kier alpha value is -3.92. The van der Waals surface area contributed by atoms with Crippen molar-refractivity contribution in [3.8, 4) is 5.75 Å². The molecule has 166 valence electrons. The van der Waals surface area contributed by atoms with Crippen molar-refractivity contribution in [2.75, 3.05) is 23.8 Å². The minimum absolute atomic E-state index is 0.160. The molecule has 0 fully saturated rings. The lowest BCUT2D eigenvalue weighted by molar-refractivity contribution is -0.387. The van der Waals surface area contributed by atoms with Gasteiger partial charge in [0.25, 0.3) is 5.69 Å². The third kappa shape index (κ3) is 5.22. The summed E-state index contributed by atoms with van der Waals surface area (Å²) in [5, 5.41) is 16.8. The maximum Gasteiger partial charge on any atom is 0.288 e. The van der Waals surface area contributed by atoms with Crippen molar-refractivity contribution >= 4 is 32.8 Å². The van der Waals surface area contributed by atoms with Gasteiger partial charge < -0.3 is 15.4 Å². The van der Waals surface area contributed by atoms with Crippen LogP contribution in [0.25, 0.3) is 0 Å². The third-order valence-electron chi connectivity index (χ3n) is 4.42. The van der Waals surface area contributed by atoms with Crippen molar-refractivity contribution in [3.63, 3.8) is 0 Å². The molecule has 0 aromatic heterocycles. The van der Waals surface area contributed by atoms with E-state index in [9.17, 15) is 23.3 Å². The van der Waals surface area contributed by atoms with Gasteiger partial charge in [-0.25, -0.2) is 8.42 Å². The molecule has 0 radical (unpaired) electrons. The highest BCUT2D eigenvalue weighted by Crippen LogP contribution is 2.32. The number of para-hydroxylation sites is 2. The van der Waals surface area contributed by atoms with Crippen LogP contribution in [0.3, 0.4) is 0 Å². The molecule has 0 atom stereocenters. The number of hydrogen-bond acceptors (Lipinski definition) is 7. The maximum atomic E-state index is 13.1. The van der Waals surface area contributed by atoms with Crippen molar-refractivity contribution in [1.82, 2.24) is 0 Å². The number of benzene rings is 3. The summed E-state index contributed by atoms with van der Waals surface area (Å²) in [6.07, 6.45) is 0. The van der Waals surface area contributed by atoms with Gasteiger partial charge in [-0.3, -0.25) is 14.9 Å². The van der Waals surface area contributed by atoms with Crippen LogP contribution in [0.4, 0.5) is 17.1 Å². The lowest BCUT2D eigenvalue weighted by atomic mass is 10.3. The van der Waals surface area contributed by atoms with E-state index in [2.05, 4.69) is 10.6 Å². The molecule has 0 saturated heterocycles. The van der Waals surface area contributed by atoms with E-state index in [1.54, 1.807) is 30.3 Å². The smallest absolute Gasteiger partial charge is 0.288 e. The van der Waals surface area contributed by atoms with Gasteiger partial charge in [0.1, 0.15) is 10.6 Å². The van der Waals surface area contributed by atoms with E-state index in [4.69, 9.17) is 4.74 Å². The molecule has 0 aliphatic carbocycles. The van der Waals surface area contributed by atoms with E-state index in [0.29, 0.717) is 18.0 Å². The predicted molar refractivity (Wildman–Crippen MR) is 120 cm³/mol. The average molecular weight is 455 g/mol. The molecule has 2 N–H and O–H groups in total. The summed E-state index contributed by atoms with van der Waals surface area (Å²) in [5.41, 5.74) is 0.198. The Balaban J connectivity index is 1.77. The van der Waals surface area contributed by atoms with Gasteiger partial charge in [-0.2, -0.15) is 0 Å². The molecule has 0 heterocycles. The number of amides is 1. The molecule has 32 heavy (non-hydrogen) atoms. The monoisotopic (exact) mass is 455 g/mol. The third-order valence-corrected chi connectivity index (χ3v) is 6.28. The molecule has 3 rings (SSSR count). The number of nitro benzene ring substituents is 1. The van der Waals surface area contributed by atoms with E-state index in [1.165, 1.54) is 36.4 Å². The Labute approximate surface area is 185 Å². The van der Waals surface area contributed by atoms with Crippen LogP contribution in [0.15, 0.2) is 82.6 Å². The number of nitrogens with zero attached hydrogens (tertiary/aromatic N) is 1. The predicted octanol–water partition coefficient (Wildman–Crippen LogP) is 3.88. The number of carbonyl (C=O) groups excluding carboxylic acids is 1. The van der Waals surface area contributed by atoms with Crippen LogP contribution in [0.1, 0.15) is 6.92 Å². The fourth-order valence-corrected chi connectivity index (χ4v) is 4.58. The van der Waals surface area contributed by atoms with E-state index >= 15 is 0 Å². The van der Waals surface area contributed by atoms with E-state index < -0.39 is 31.3 Å². The fourth-order valence-electron chi connectivity index (χ4n) is 2.98. The first-order valence-corrected chi connectivity index (χ1v) is 11.2. The molecule has 1 amide bonds. The van der Waals surface area contributed by atoms with E-state index in [1.807, 2.05) is 6.92 Å². The molecule has 0 unspecified atom stereocenters. The number of sulfone groups is 1. The molecule has 9 nitrogen and oxygen atoms in total. The minimum atomic E-state index is -4.21. The summed E-state index contributed by atoms with van der Waals surface area (Å²) in [7, 11) is -4.21. The fraction of sp³-hybridized carbons (Fsp3) is 0.136. The summed E-state index contributed by atoms with van der Waals surface area (Å²) in [5.74, 6) is 0.282. The Morgan fingerprint density at radius 2 is 1.59 bits per heavy atom. The molecule has 0 bridgehead atoms. The largest absolute Gasteiger partial charge is 0.494 e. The first-order chi connectivity index (χ1) is 15.3. The highest BCUT2D eigenvalue weighted by atomic mass is 32.2. The maximum absolute atomic E-state index is 13.1. The zero-order valence-electron chi connectivity index (χ0n) is 17.1. The Kier molecular flexibility index (Phi) is 7.06. The highest BCUT2D eigenvalue weighted by Gasteiger charge is 2.29. The van der Waals surface area contributed by atoms with Crippen LogP contribution in [-0.4, -0.2) is 32.4 Å². The van der Waals surface area contributed by atoms with Gasteiger partial charge in [0.2, 0.25) is 15.7 Å². The summed E-state index contributed by atoms with van der Waals surface area (Å²) in [6.45, 7) is 2.19. The molecule has 0 aliphatic rings. The molecular formula is C22H21N3O6S. The minimum Gasteiger partial charge on any atom is -0.494 e. The van der Waals surface area contributed by atoms with Gasteiger partial charge in [0.15, 0.2) is 0 Å². The molecular weight excluding hydrogens is 434 g/mol. The van der Waals surface area contributed by atoms with Crippen molar-refractivity contribution in [2.24, 2.45) is 0 Å². The van der Waals surface area contributed by atoms with Crippen LogP contribution in [0, 0.1) is 10.1 Å². The molecule has 0 aliphatic heterocycles. The van der Waals surface area contributed by atoms with Crippen LogP contribution in [-0.2, 0) is 14.6 Å². The summed E-state index contributed by atoms with van der Waals surface area (Å²) in [6, 6.07) is 17.9. The van der Waals surface area contributed by atoms with Crippen LogP contribution >= 0.6 is 0 Å². The van der Waals surface area contributed by atoms with Crippen LogP contribution in [0.2, 0.25) is 0 Å². The number of carbonyl (C=O) groups is 1. The van der Waals surface area contributed by atoms with Crippen molar-refractivity contribution in [2.45, 2.75) is 16.7 Å². The Morgan fingerprint density at radius 3 is 2.25 bits per heavy atom. The lowest BCUT2D eigenvalue weighted by Crippen LogP contribution is -2.22. The Morgan fingerprint density at radius 1 is 0.969 bits per heavy atom. The summed E-state index contributed by atoms with van der Waals surface area (Å²) in [4.78, 5) is 22.3. The van der Waals surface area contributed by atoms with E-state index in [-0.39, 0.29) is 17.1 Å². The number of hydrogen-bond donors (Lipinski definition) is 2. The standard InChI is InChI=1S/C22H21N3O6S/c1-2-31-17-13-11-16(12-14-17)24-22(26)15-23-18-7-3-5-9-20(18)32(29,30)21-10-6-4-8-19(21)25(27)28/h3-14,23H,2,15H2,1H3,(H,24,26). The topological polar surface area (TPSA) is 128 Å². The first kappa shape index (κ1) is 22.8. The quantitative estimate of drug-likeness (QED) is 0.370. The molecule has 3 aromatic carbocycles. The number of ether oxygens (including phenoxy) is 1. The molecule has 0 spiro atoms. The first-order valence-electron chi connectivity index (χ1n) is 9.67. The van der Waals surface area contributed by atoms with Crippen LogP contribution < -0.4 is 15.4 Å². The summed E-state index contributed by atoms with van der Waals surface area (Å²) < 4.78 is 31.6. The Bertz CT molecular complexity index is 1230. The number of anilines is 2. The second kappa shape index (κ2) is 9.92. The average Bonchev–Trinajstić information content (AvgIpc) is 2.79. The van der Waals surface area contributed by atoms with Crippen LogP contribution in [0.5, 0.6) is 5.75 Å². The van der Waals surface area contributed by atoms with Crippen molar-refractivity contribution in [3.05, 3.63) is 82.9 Å². The van der Waals surface area contributed by atoms with Gasteiger partial charge in [-0.1, -0.05) is 24.3 Å². The van der Waals surface area contributed by atoms with Crippen molar-refractivity contribution in [1.29, 1.82) is 0 Å². The second-order valence-electron chi connectivity index (χ2n) is 6.58. The van der Waals surface area contributed by atoms with E-state index in [0.717, 1.165) is 6.07 Å². The molecule has 0 saturated carbocycles.